The van der Waals surface area contributed by atoms with Gasteiger partial charge in [-0.25, -0.2) is 0 Å². The molecule has 5 heteroatoms. The summed E-state index contributed by atoms with van der Waals surface area (Å²) in [6.07, 6.45) is 2.33. The van der Waals surface area contributed by atoms with Gasteiger partial charge in [-0.1, -0.05) is 30.1 Å². The number of amides is 1. The molecule has 1 unspecified atom stereocenters. The van der Waals surface area contributed by atoms with Crippen LogP contribution in [0.25, 0.3) is 0 Å². The number of nitrogens with zero attached hydrogens (tertiary/aromatic N) is 1. The number of carbonyl (C=O) groups is 2. The van der Waals surface area contributed by atoms with Gasteiger partial charge >= 0.3 is 0 Å². The fourth-order valence-corrected chi connectivity index (χ4v) is 2.71. The van der Waals surface area contributed by atoms with E-state index in [2.05, 4.69) is 6.92 Å². The van der Waals surface area contributed by atoms with Gasteiger partial charge in [-0.3, -0.25) is 9.59 Å². The summed E-state index contributed by atoms with van der Waals surface area (Å²) < 4.78 is 0. The average molecular weight is 314 g/mol. The van der Waals surface area contributed by atoms with Gasteiger partial charge < -0.3 is 4.90 Å². The van der Waals surface area contributed by atoms with E-state index in [0.717, 1.165) is 12.8 Å². The van der Waals surface area contributed by atoms with Crippen molar-refractivity contribution in [2.45, 2.75) is 26.2 Å². The summed E-state index contributed by atoms with van der Waals surface area (Å²) in [5.41, 5.74) is 0.379. The van der Waals surface area contributed by atoms with Crippen molar-refractivity contribution < 1.29 is 9.59 Å². The topological polar surface area (TPSA) is 37.4 Å². The van der Waals surface area contributed by atoms with Crippen molar-refractivity contribution in [3.8, 4) is 0 Å². The van der Waals surface area contributed by atoms with Crippen LogP contribution < -0.4 is 0 Å². The molecule has 0 N–H and O–H groups in total. The Labute approximate surface area is 128 Å². The van der Waals surface area contributed by atoms with Gasteiger partial charge in [0.25, 0.3) is 0 Å². The first-order valence-corrected chi connectivity index (χ1v) is 7.49. The molecule has 1 saturated heterocycles. The molecule has 3 nitrogen and oxygen atoms in total. The Bertz CT molecular complexity index is 531. The normalized spacial score (nSPS) is 19.9. The van der Waals surface area contributed by atoms with E-state index in [-0.39, 0.29) is 18.2 Å². The molecule has 1 fully saturated rings. The molecule has 108 valence electrons. The van der Waals surface area contributed by atoms with Crippen molar-refractivity contribution in [1.82, 2.24) is 4.90 Å². The van der Waals surface area contributed by atoms with Crippen LogP contribution in [0.1, 0.15) is 36.5 Å². The molecule has 0 aromatic heterocycles. The summed E-state index contributed by atoms with van der Waals surface area (Å²) in [7, 11) is 0. The third-order valence-corrected chi connectivity index (χ3v) is 4.22. The Morgan fingerprint density at radius 2 is 2.10 bits per heavy atom. The van der Waals surface area contributed by atoms with Crippen LogP contribution in [0.3, 0.4) is 0 Å². The second kappa shape index (κ2) is 6.59. The molecule has 1 aromatic rings. The molecule has 1 amide bonds. The first kappa shape index (κ1) is 15.3. The van der Waals surface area contributed by atoms with Crippen molar-refractivity contribution in [2.75, 3.05) is 13.1 Å². The van der Waals surface area contributed by atoms with Gasteiger partial charge in [-0.15, -0.1) is 0 Å². The summed E-state index contributed by atoms with van der Waals surface area (Å²) in [4.78, 5) is 25.9. The van der Waals surface area contributed by atoms with Crippen molar-refractivity contribution in [1.29, 1.82) is 0 Å². The molecule has 20 heavy (non-hydrogen) atoms. The van der Waals surface area contributed by atoms with E-state index in [1.54, 1.807) is 23.1 Å². The SMILES string of the molecule is CC1CCC(=O)N(CC(=O)c2cc(Cl)ccc2Cl)CC1. The Kier molecular flexibility index (Phi) is 5.06. The van der Waals surface area contributed by atoms with Crippen LogP contribution >= 0.6 is 23.2 Å². The van der Waals surface area contributed by atoms with Crippen molar-refractivity contribution in [3.63, 3.8) is 0 Å². The Hall–Kier alpha value is -1.06. The molecule has 0 spiro atoms. The minimum atomic E-state index is -0.166. The van der Waals surface area contributed by atoms with Crippen LogP contribution in [0.2, 0.25) is 10.0 Å². The lowest BCUT2D eigenvalue weighted by Gasteiger charge is -2.20. The van der Waals surface area contributed by atoms with Gasteiger partial charge in [0.2, 0.25) is 5.91 Å². The highest BCUT2D eigenvalue weighted by Gasteiger charge is 2.23. The van der Waals surface area contributed by atoms with E-state index in [0.29, 0.717) is 34.5 Å². The average Bonchev–Trinajstić information content (AvgIpc) is 2.57. The number of hydrogen-bond donors (Lipinski definition) is 0. The summed E-state index contributed by atoms with van der Waals surface area (Å²) in [6, 6.07) is 4.79. The minimum absolute atomic E-state index is 0.0425. The lowest BCUT2D eigenvalue weighted by molar-refractivity contribution is -0.130. The monoisotopic (exact) mass is 313 g/mol. The van der Waals surface area contributed by atoms with Gasteiger partial charge in [0.05, 0.1) is 11.6 Å². The number of benzene rings is 1. The zero-order valence-electron chi connectivity index (χ0n) is 11.4. The zero-order valence-corrected chi connectivity index (χ0v) is 12.9. The van der Waals surface area contributed by atoms with E-state index in [9.17, 15) is 9.59 Å². The summed E-state index contributed by atoms with van der Waals surface area (Å²) in [5.74, 6) is 0.398. The lowest BCUT2D eigenvalue weighted by atomic mass is 10.0. The van der Waals surface area contributed by atoms with E-state index in [1.807, 2.05) is 0 Å². The largest absolute Gasteiger partial charge is 0.335 e. The van der Waals surface area contributed by atoms with Crippen LogP contribution in [0.5, 0.6) is 0 Å². The first-order chi connectivity index (χ1) is 9.47. The maximum atomic E-state index is 12.3. The highest BCUT2D eigenvalue weighted by Crippen LogP contribution is 2.22. The number of rotatable bonds is 3. The Morgan fingerprint density at radius 1 is 1.35 bits per heavy atom. The highest BCUT2D eigenvalue weighted by molar-refractivity contribution is 6.36. The second-order valence-corrected chi connectivity index (χ2v) is 6.14. The van der Waals surface area contributed by atoms with E-state index in [1.165, 1.54) is 0 Å². The Balaban J connectivity index is 2.10. The summed E-state index contributed by atoms with van der Waals surface area (Å²) in [5, 5.41) is 0.837. The van der Waals surface area contributed by atoms with E-state index < -0.39 is 0 Å². The van der Waals surface area contributed by atoms with E-state index >= 15 is 0 Å². The van der Waals surface area contributed by atoms with Crippen molar-refractivity contribution >= 4 is 34.9 Å². The molecule has 0 radical (unpaired) electrons. The van der Waals surface area contributed by atoms with Crippen molar-refractivity contribution in [3.05, 3.63) is 33.8 Å². The number of Topliss-reactive ketones (excluding diaryl/α,β-unsaturated/α-hetero) is 1. The van der Waals surface area contributed by atoms with Crippen LogP contribution in [0, 0.1) is 5.92 Å². The highest BCUT2D eigenvalue weighted by atomic mass is 35.5. The number of likely N-dealkylation sites (tertiary alicyclic amines) is 1. The van der Waals surface area contributed by atoms with E-state index in [4.69, 9.17) is 23.2 Å². The molecule has 1 atom stereocenters. The molecular formula is C15H17Cl2NO2. The quantitative estimate of drug-likeness (QED) is 0.795. The predicted octanol–water partition coefficient (Wildman–Crippen LogP) is 3.82. The number of carbonyl (C=O) groups excluding carboxylic acids is 2. The molecule has 1 aliphatic heterocycles. The minimum Gasteiger partial charge on any atom is -0.335 e. The molecule has 1 heterocycles. The smallest absolute Gasteiger partial charge is 0.222 e. The zero-order chi connectivity index (χ0) is 14.7. The van der Waals surface area contributed by atoms with Gasteiger partial charge in [0.15, 0.2) is 5.78 Å². The predicted molar refractivity (Wildman–Crippen MR) is 80.4 cm³/mol. The molecule has 0 bridgehead atoms. The lowest BCUT2D eigenvalue weighted by Crippen LogP contribution is -2.35. The van der Waals surface area contributed by atoms with Crippen LogP contribution in [-0.2, 0) is 4.79 Å². The molecule has 0 saturated carbocycles. The van der Waals surface area contributed by atoms with Gasteiger partial charge in [0, 0.05) is 23.6 Å². The van der Waals surface area contributed by atoms with Gasteiger partial charge in [0.1, 0.15) is 0 Å². The molecule has 1 aromatic carbocycles. The third-order valence-electron chi connectivity index (χ3n) is 3.66. The fourth-order valence-electron chi connectivity index (χ4n) is 2.31. The first-order valence-electron chi connectivity index (χ1n) is 6.73. The number of hydrogen-bond acceptors (Lipinski definition) is 2. The summed E-state index contributed by atoms with van der Waals surface area (Å²) >= 11 is 11.9. The third kappa shape index (κ3) is 3.74. The number of ketones is 1. The van der Waals surface area contributed by atoms with Crippen molar-refractivity contribution in [2.24, 2.45) is 5.92 Å². The van der Waals surface area contributed by atoms with Crippen LogP contribution in [0.4, 0.5) is 0 Å². The van der Waals surface area contributed by atoms with Gasteiger partial charge in [-0.2, -0.15) is 0 Å². The fraction of sp³-hybridized carbons (Fsp3) is 0.467. The second-order valence-electron chi connectivity index (χ2n) is 5.30. The Morgan fingerprint density at radius 3 is 2.85 bits per heavy atom. The maximum Gasteiger partial charge on any atom is 0.222 e. The standard InChI is InChI=1S/C15H17Cl2NO2/c1-10-2-5-15(20)18(7-6-10)9-14(19)12-8-11(16)3-4-13(12)17/h3-4,8,10H,2,5-7,9H2,1H3. The van der Waals surface area contributed by atoms with Gasteiger partial charge in [-0.05, 0) is 37.0 Å². The maximum absolute atomic E-state index is 12.3. The van der Waals surface area contributed by atoms with Crippen LogP contribution in [-0.4, -0.2) is 29.7 Å². The molecule has 2 rings (SSSR count). The molecule has 1 aliphatic rings. The molecular weight excluding hydrogens is 297 g/mol. The van der Waals surface area contributed by atoms with Crippen LogP contribution in [0.15, 0.2) is 18.2 Å². The summed E-state index contributed by atoms with van der Waals surface area (Å²) in [6.45, 7) is 2.84. The number of halogens is 2. The molecule has 0 aliphatic carbocycles.